The van der Waals surface area contributed by atoms with Crippen molar-refractivity contribution in [1.29, 1.82) is 0 Å². The number of rotatable bonds is 5. The van der Waals surface area contributed by atoms with E-state index in [4.69, 9.17) is 8.94 Å². The minimum absolute atomic E-state index is 0.112. The van der Waals surface area contributed by atoms with Crippen LogP contribution in [0.25, 0.3) is 11.3 Å². The van der Waals surface area contributed by atoms with Gasteiger partial charge in [-0.25, -0.2) is 0 Å². The van der Waals surface area contributed by atoms with Crippen LogP contribution in [-0.2, 0) is 12.8 Å². The summed E-state index contributed by atoms with van der Waals surface area (Å²) in [6, 6.07) is 11.1. The molecule has 1 aromatic carbocycles. The van der Waals surface area contributed by atoms with Crippen molar-refractivity contribution in [2.75, 3.05) is 6.54 Å². The van der Waals surface area contributed by atoms with Crippen LogP contribution >= 0.6 is 0 Å². The van der Waals surface area contributed by atoms with E-state index in [2.05, 4.69) is 10.5 Å². The molecule has 0 aliphatic heterocycles. The van der Waals surface area contributed by atoms with E-state index in [0.29, 0.717) is 5.69 Å². The lowest BCUT2D eigenvalue weighted by molar-refractivity contribution is 0.0906. The number of carbonyl (C=O) groups is 1. The summed E-state index contributed by atoms with van der Waals surface area (Å²) < 4.78 is 10.6. The van der Waals surface area contributed by atoms with Crippen LogP contribution in [0.3, 0.4) is 0 Å². The second kappa shape index (κ2) is 7.17. The summed E-state index contributed by atoms with van der Waals surface area (Å²) in [4.78, 5) is 12.4. The molecule has 0 bridgehead atoms. The lowest BCUT2D eigenvalue weighted by Gasteiger charge is -2.13. The molecule has 0 saturated carbocycles. The summed E-state index contributed by atoms with van der Waals surface area (Å²) >= 11 is 0. The third-order valence-corrected chi connectivity index (χ3v) is 4.72. The van der Waals surface area contributed by atoms with Gasteiger partial charge in [0.15, 0.2) is 5.69 Å². The van der Waals surface area contributed by atoms with Gasteiger partial charge >= 0.3 is 0 Å². The van der Waals surface area contributed by atoms with E-state index >= 15 is 0 Å². The van der Waals surface area contributed by atoms with Crippen LogP contribution in [0.5, 0.6) is 0 Å². The highest BCUT2D eigenvalue weighted by Gasteiger charge is 2.24. The first-order valence-corrected chi connectivity index (χ1v) is 8.80. The van der Waals surface area contributed by atoms with Gasteiger partial charge in [0.1, 0.15) is 11.5 Å². The Hall–Kier alpha value is -2.86. The minimum Gasteiger partial charge on any atom is -0.464 e. The number of aliphatic hydroxyl groups is 1. The molecule has 3 aromatic rings. The topological polar surface area (TPSA) is 88.5 Å². The fourth-order valence-corrected chi connectivity index (χ4v) is 3.27. The highest BCUT2D eigenvalue weighted by atomic mass is 16.5. The number of nitrogens with one attached hydrogen (secondary N) is 1. The van der Waals surface area contributed by atoms with Gasteiger partial charge in [0.25, 0.3) is 5.91 Å². The number of aliphatic hydroxyl groups excluding tert-OH is 1. The van der Waals surface area contributed by atoms with Crippen LogP contribution in [0.4, 0.5) is 0 Å². The quantitative estimate of drug-likeness (QED) is 0.736. The molecule has 6 nitrogen and oxygen atoms in total. The number of aryl methyl sites for hydroxylation is 1. The zero-order valence-corrected chi connectivity index (χ0v) is 14.3. The largest absolute Gasteiger partial charge is 0.464 e. The fraction of sp³-hybridized carbons (Fsp3) is 0.300. The standard InChI is InChI=1S/C20H20N2O4/c23-16(13-7-9-14(10-8-13)17-6-3-11-25-17)12-21-20(24)19-15-4-1-2-5-18(15)26-22-19/h3,6-11,16,23H,1-2,4-5,12H2,(H,21,24)/t16-/m0/s1. The summed E-state index contributed by atoms with van der Waals surface area (Å²) in [5.41, 5.74) is 2.91. The number of aromatic nitrogens is 1. The lowest BCUT2D eigenvalue weighted by atomic mass is 9.96. The molecule has 4 rings (SSSR count). The zero-order valence-electron chi connectivity index (χ0n) is 14.3. The Kier molecular flexibility index (Phi) is 4.58. The zero-order chi connectivity index (χ0) is 17.9. The molecule has 2 N–H and O–H groups in total. The van der Waals surface area contributed by atoms with Crippen molar-refractivity contribution < 1.29 is 18.8 Å². The Balaban J connectivity index is 1.38. The van der Waals surface area contributed by atoms with E-state index in [0.717, 1.165) is 53.9 Å². The van der Waals surface area contributed by atoms with Crippen LogP contribution in [0, 0.1) is 0 Å². The maximum absolute atomic E-state index is 12.4. The third kappa shape index (κ3) is 3.28. The van der Waals surface area contributed by atoms with E-state index in [9.17, 15) is 9.90 Å². The molecule has 134 valence electrons. The number of nitrogens with zero attached hydrogens (tertiary/aromatic N) is 1. The Morgan fingerprint density at radius 3 is 2.77 bits per heavy atom. The van der Waals surface area contributed by atoms with Crippen molar-refractivity contribution in [1.82, 2.24) is 10.5 Å². The van der Waals surface area contributed by atoms with Gasteiger partial charge in [0.05, 0.1) is 12.4 Å². The Bertz CT molecular complexity index is 881. The first-order chi connectivity index (χ1) is 12.7. The number of fused-ring (bicyclic) bond motifs is 1. The molecule has 1 atom stereocenters. The molecule has 26 heavy (non-hydrogen) atoms. The van der Waals surface area contributed by atoms with E-state index in [1.165, 1.54) is 0 Å². The molecule has 2 heterocycles. The minimum atomic E-state index is -0.799. The number of furan rings is 1. The van der Waals surface area contributed by atoms with Gasteiger partial charge in [-0.05, 0) is 37.0 Å². The van der Waals surface area contributed by atoms with Crippen LogP contribution < -0.4 is 5.32 Å². The number of hydrogen-bond acceptors (Lipinski definition) is 5. The van der Waals surface area contributed by atoms with Crippen molar-refractivity contribution in [3.8, 4) is 11.3 Å². The van der Waals surface area contributed by atoms with E-state index in [1.54, 1.807) is 6.26 Å². The molecule has 0 fully saturated rings. The van der Waals surface area contributed by atoms with Gasteiger partial charge in [-0.3, -0.25) is 4.79 Å². The van der Waals surface area contributed by atoms with Crippen LogP contribution in [0.15, 0.2) is 51.6 Å². The molecule has 0 spiro atoms. The molecule has 6 heteroatoms. The second-order valence-corrected chi connectivity index (χ2v) is 6.47. The number of hydrogen-bond donors (Lipinski definition) is 2. The lowest BCUT2D eigenvalue weighted by Crippen LogP contribution is -2.29. The number of benzene rings is 1. The first kappa shape index (κ1) is 16.6. The van der Waals surface area contributed by atoms with Crippen molar-refractivity contribution in [3.05, 3.63) is 65.2 Å². The summed E-state index contributed by atoms with van der Waals surface area (Å²) in [6.45, 7) is 0.112. The highest BCUT2D eigenvalue weighted by molar-refractivity contribution is 5.93. The van der Waals surface area contributed by atoms with Crippen LogP contribution in [-0.4, -0.2) is 22.7 Å². The Morgan fingerprint density at radius 1 is 1.19 bits per heavy atom. The summed E-state index contributed by atoms with van der Waals surface area (Å²) in [5, 5.41) is 17.0. The van der Waals surface area contributed by atoms with Gasteiger partial charge in [-0.15, -0.1) is 0 Å². The molecule has 0 radical (unpaired) electrons. The van der Waals surface area contributed by atoms with E-state index < -0.39 is 6.10 Å². The third-order valence-electron chi connectivity index (χ3n) is 4.72. The van der Waals surface area contributed by atoms with Gasteiger partial charge in [-0.1, -0.05) is 29.4 Å². The maximum Gasteiger partial charge on any atom is 0.273 e. The van der Waals surface area contributed by atoms with Crippen molar-refractivity contribution in [3.63, 3.8) is 0 Å². The molecule has 1 amide bonds. The summed E-state index contributed by atoms with van der Waals surface area (Å²) in [7, 11) is 0. The monoisotopic (exact) mass is 352 g/mol. The second-order valence-electron chi connectivity index (χ2n) is 6.47. The number of carbonyl (C=O) groups excluding carboxylic acids is 1. The number of amides is 1. The Morgan fingerprint density at radius 2 is 2.00 bits per heavy atom. The van der Waals surface area contributed by atoms with Gasteiger partial charge < -0.3 is 19.4 Å². The summed E-state index contributed by atoms with van der Waals surface area (Å²) in [6.07, 6.45) is 4.58. The molecule has 0 saturated heterocycles. The smallest absolute Gasteiger partial charge is 0.273 e. The maximum atomic E-state index is 12.4. The first-order valence-electron chi connectivity index (χ1n) is 8.80. The van der Waals surface area contributed by atoms with Crippen molar-refractivity contribution >= 4 is 5.91 Å². The predicted molar refractivity (Wildman–Crippen MR) is 94.6 cm³/mol. The molecular weight excluding hydrogens is 332 g/mol. The summed E-state index contributed by atoms with van der Waals surface area (Å²) in [5.74, 6) is 1.29. The molecule has 1 aliphatic rings. The average Bonchev–Trinajstić information content (AvgIpc) is 3.36. The van der Waals surface area contributed by atoms with Crippen molar-refractivity contribution in [2.24, 2.45) is 0 Å². The van der Waals surface area contributed by atoms with Gasteiger partial charge in [-0.2, -0.15) is 0 Å². The van der Waals surface area contributed by atoms with Crippen molar-refractivity contribution in [2.45, 2.75) is 31.8 Å². The highest BCUT2D eigenvalue weighted by Crippen LogP contribution is 2.25. The molecule has 2 aromatic heterocycles. The Labute approximate surface area is 150 Å². The fourth-order valence-electron chi connectivity index (χ4n) is 3.27. The molecule has 0 unspecified atom stereocenters. The SMILES string of the molecule is O=C(NC[C@H](O)c1ccc(-c2ccco2)cc1)c1noc2c1CCCC2. The average molecular weight is 352 g/mol. The molecule has 1 aliphatic carbocycles. The van der Waals surface area contributed by atoms with Crippen LogP contribution in [0.2, 0.25) is 0 Å². The van der Waals surface area contributed by atoms with Crippen LogP contribution in [0.1, 0.15) is 46.3 Å². The predicted octanol–water partition coefficient (Wildman–Crippen LogP) is 3.28. The van der Waals surface area contributed by atoms with Gasteiger partial charge in [0, 0.05) is 24.1 Å². The van der Waals surface area contributed by atoms with E-state index in [-0.39, 0.29) is 12.5 Å². The molecular formula is C20H20N2O4. The van der Waals surface area contributed by atoms with Gasteiger partial charge in [0.2, 0.25) is 0 Å². The normalized spacial score (nSPS) is 14.7. The van der Waals surface area contributed by atoms with E-state index in [1.807, 2.05) is 36.4 Å².